The number of nitrogens with one attached hydrogen (secondary N) is 1. The first-order valence-corrected chi connectivity index (χ1v) is 6.26. The molecule has 13 heavy (non-hydrogen) atoms. The molecule has 0 aromatic carbocycles. The van der Waals surface area contributed by atoms with Crippen molar-refractivity contribution in [1.82, 2.24) is 5.32 Å². The van der Waals surface area contributed by atoms with Crippen LogP contribution in [0.15, 0.2) is 0 Å². The fraction of sp³-hybridized carbons (Fsp3) is 0.778. The number of carbonyl (C=O) groups is 1. The van der Waals surface area contributed by atoms with Crippen LogP contribution in [0.4, 0.5) is 0 Å². The molecule has 1 rings (SSSR count). The van der Waals surface area contributed by atoms with Gasteiger partial charge in [-0.15, -0.1) is 11.8 Å². The third kappa shape index (κ3) is 3.65. The Hall–Kier alpha value is -0.0900. The molecule has 1 fully saturated rings. The molecule has 1 saturated carbocycles. The molecular weight excluding hydrogens is 202 g/mol. The van der Waals surface area contributed by atoms with Crippen LogP contribution in [0.2, 0.25) is 0 Å². The molecule has 1 N–H and O–H groups in total. The lowest BCUT2D eigenvalue weighted by molar-refractivity contribution is -0.115. The van der Waals surface area contributed by atoms with E-state index < -0.39 is 0 Å². The smallest absolute Gasteiger partial charge is 0.268 e. The second kappa shape index (κ2) is 5.60. The monoisotopic (exact) mass is 217 g/mol. The highest BCUT2D eigenvalue weighted by atomic mass is 32.2. The van der Waals surface area contributed by atoms with E-state index in [4.69, 9.17) is 12.2 Å². The van der Waals surface area contributed by atoms with E-state index in [1.807, 2.05) is 6.26 Å². The van der Waals surface area contributed by atoms with E-state index >= 15 is 0 Å². The van der Waals surface area contributed by atoms with Crippen molar-refractivity contribution in [1.29, 1.82) is 0 Å². The zero-order valence-corrected chi connectivity index (χ0v) is 9.47. The fourth-order valence-corrected chi connectivity index (χ4v) is 1.89. The van der Waals surface area contributed by atoms with Gasteiger partial charge in [-0.1, -0.05) is 31.5 Å². The Kier molecular flexibility index (Phi) is 4.73. The van der Waals surface area contributed by atoms with Crippen LogP contribution in [0.5, 0.6) is 0 Å². The molecule has 0 spiro atoms. The van der Waals surface area contributed by atoms with E-state index in [1.54, 1.807) is 0 Å². The lowest BCUT2D eigenvalue weighted by Crippen LogP contribution is -2.38. The van der Waals surface area contributed by atoms with Crippen molar-refractivity contribution in [3.8, 4) is 0 Å². The molecule has 1 aliphatic rings. The summed E-state index contributed by atoms with van der Waals surface area (Å²) in [5.74, 6) is -0.0607. The first kappa shape index (κ1) is 11.0. The summed E-state index contributed by atoms with van der Waals surface area (Å²) in [6.07, 6.45) is 7.83. The molecule has 0 atom stereocenters. The van der Waals surface area contributed by atoms with Crippen LogP contribution < -0.4 is 5.32 Å². The Morgan fingerprint density at radius 1 is 1.38 bits per heavy atom. The zero-order valence-electron chi connectivity index (χ0n) is 7.84. The number of hydrogen-bond acceptors (Lipinski definition) is 3. The lowest BCUT2D eigenvalue weighted by atomic mass is 9.95. The van der Waals surface area contributed by atoms with Crippen LogP contribution >= 0.6 is 24.0 Å². The van der Waals surface area contributed by atoms with Crippen molar-refractivity contribution >= 4 is 34.1 Å². The van der Waals surface area contributed by atoms with Crippen molar-refractivity contribution in [3.63, 3.8) is 0 Å². The summed E-state index contributed by atoms with van der Waals surface area (Å²) in [4.78, 5) is 11.4. The van der Waals surface area contributed by atoms with Crippen molar-refractivity contribution in [2.45, 2.75) is 38.1 Å². The van der Waals surface area contributed by atoms with E-state index in [0.717, 1.165) is 12.8 Å². The maximum absolute atomic E-state index is 11.4. The first-order chi connectivity index (χ1) is 6.24. The van der Waals surface area contributed by atoms with Gasteiger partial charge in [0.15, 0.2) is 0 Å². The molecule has 0 aliphatic heterocycles. The highest BCUT2D eigenvalue weighted by molar-refractivity contribution is 8.24. The molecule has 4 heteroatoms. The summed E-state index contributed by atoms with van der Waals surface area (Å²) in [5.41, 5.74) is 0. The minimum Gasteiger partial charge on any atom is -0.348 e. The van der Waals surface area contributed by atoms with Crippen LogP contribution in [0.3, 0.4) is 0 Å². The van der Waals surface area contributed by atoms with Gasteiger partial charge in [-0.25, -0.2) is 0 Å². The van der Waals surface area contributed by atoms with Gasteiger partial charge >= 0.3 is 0 Å². The van der Waals surface area contributed by atoms with Gasteiger partial charge in [0.25, 0.3) is 5.91 Å². The quantitative estimate of drug-likeness (QED) is 0.682. The predicted molar refractivity (Wildman–Crippen MR) is 61.1 cm³/mol. The second-order valence-electron chi connectivity index (χ2n) is 3.30. The Labute approximate surface area is 88.8 Å². The van der Waals surface area contributed by atoms with Crippen molar-refractivity contribution in [2.75, 3.05) is 6.26 Å². The number of thiocarbonyl (C=S) groups is 1. The van der Waals surface area contributed by atoms with Gasteiger partial charge in [0.05, 0.1) is 0 Å². The SMILES string of the molecule is CSC(=S)C(=O)NC1CCCCC1. The number of amides is 1. The van der Waals surface area contributed by atoms with Gasteiger partial charge < -0.3 is 5.32 Å². The number of hydrogen-bond donors (Lipinski definition) is 1. The largest absolute Gasteiger partial charge is 0.348 e. The van der Waals surface area contributed by atoms with Crippen LogP contribution in [0.1, 0.15) is 32.1 Å². The van der Waals surface area contributed by atoms with Gasteiger partial charge in [0.1, 0.15) is 4.20 Å². The average molecular weight is 217 g/mol. The third-order valence-electron chi connectivity index (χ3n) is 2.31. The van der Waals surface area contributed by atoms with Gasteiger partial charge in [-0.3, -0.25) is 4.79 Å². The Balaban J connectivity index is 2.30. The maximum Gasteiger partial charge on any atom is 0.268 e. The molecule has 0 heterocycles. The van der Waals surface area contributed by atoms with E-state index in [0.29, 0.717) is 10.2 Å². The molecule has 0 unspecified atom stereocenters. The molecule has 0 aromatic heterocycles. The molecule has 0 aromatic rings. The van der Waals surface area contributed by atoms with Crippen molar-refractivity contribution < 1.29 is 4.79 Å². The van der Waals surface area contributed by atoms with Crippen LogP contribution in [-0.2, 0) is 4.79 Å². The minimum absolute atomic E-state index is 0.0607. The van der Waals surface area contributed by atoms with E-state index in [9.17, 15) is 4.79 Å². The minimum atomic E-state index is -0.0607. The van der Waals surface area contributed by atoms with Crippen LogP contribution in [-0.4, -0.2) is 22.4 Å². The molecule has 2 nitrogen and oxygen atoms in total. The summed E-state index contributed by atoms with van der Waals surface area (Å²) in [5, 5.41) is 2.97. The Bertz CT molecular complexity index is 200. The van der Waals surface area contributed by atoms with E-state index in [1.165, 1.54) is 31.0 Å². The third-order valence-corrected chi connectivity index (χ3v) is 3.55. The molecule has 74 valence electrons. The van der Waals surface area contributed by atoms with Crippen LogP contribution in [0.25, 0.3) is 0 Å². The molecule has 1 amide bonds. The van der Waals surface area contributed by atoms with Gasteiger partial charge in [0.2, 0.25) is 0 Å². The van der Waals surface area contributed by atoms with E-state index in [2.05, 4.69) is 5.32 Å². The summed E-state index contributed by atoms with van der Waals surface area (Å²) < 4.78 is 0.450. The fourth-order valence-electron chi connectivity index (χ4n) is 1.58. The summed E-state index contributed by atoms with van der Waals surface area (Å²) in [7, 11) is 0. The average Bonchev–Trinajstić information content (AvgIpc) is 2.18. The summed E-state index contributed by atoms with van der Waals surface area (Å²) >= 11 is 6.24. The zero-order chi connectivity index (χ0) is 9.68. The number of carbonyl (C=O) groups excluding carboxylic acids is 1. The van der Waals surface area contributed by atoms with Crippen molar-refractivity contribution in [3.05, 3.63) is 0 Å². The highest BCUT2D eigenvalue weighted by Gasteiger charge is 2.17. The molecule has 0 saturated heterocycles. The van der Waals surface area contributed by atoms with Gasteiger partial charge in [-0.2, -0.15) is 0 Å². The maximum atomic E-state index is 11.4. The summed E-state index contributed by atoms with van der Waals surface area (Å²) in [6.45, 7) is 0. The lowest BCUT2D eigenvalue weighted by Gasteiger charge is -2.22. The standard InChI is InChI=1S/C9H15NOS2/c1-13-9(12)8(11)10-7-5-3-2-4-6-7/h7H,2-6H2,1H3,(H,10,11). The predicted octanol–water partition coefficient (Wildman–Crippen LogP) is 2.13. The number of rotatable bonds is 1. The van der Waals surface area contributed by atoms with E-state index in [-0.39, 0.29) is 5.91 Å². The second-order valence-corrected chi connectivity index (χ2v) is 4.78. The topological polar surface area (TPSA) is 29.1 Å². The first-order valence-electron chi connectivity index (χ1n) is 4.63. The normalized spacial score (nSPS) is 18.2. The van der Waals surface area contributed by atoms with Crippen LogP contribution in [0, 0.1) is 0 Å². The number of thioether (sulfide) groups is 1. The molecule has 0 radical (unpaired) electrons. The van der Waals surface area contributed by atoms with Gasteiger partial charge in [0, 0.05) is 6.04 Å². The van der Waals surface area contributed by atoms with Gasteiger partial charge in [-0.05, 0) is 19.1 Å². The molecule has 0 bridgehead atoms. The van der Waals surface area contributed by atoms with Crippen molar-refractivity contribution in [2.24, 2.45) is 0 Å². The highest BCUT2D eigenvalue weighted by Crippen LogP contribution is 2.17. The molecular formula is C9H15NOS2. The molecule has 1 aliphatic carbocycles. The Morgan fingerprint density at radius 2 is 2.00 bits per heavy atom. The summed E-state index contributed by atoms with van der Waals surface area (Å²) in [6, 6.07) is 0.367. The Morgan fingerprint density at radius 3 is 2.54 bits per heavy atom.